The van der Waals surface area contributed by atoms with Gasteiger partial charge in [-0.3, -0.25) is 4.79 Å². The number of carbonyl (C=O) groups is 1. The second-order valence-corrected chi connectivity index (χ2v) is 6.41. The minimum atomic E-state index is -3.61. The van der Waals surface area contributed by atoms with Crippen molar-refractivity contribution in [3.8, 4) is 0 Å². The van der Waals surface area contributed by atoms with Crippen molar-refractivity contribution in [3.05, 3.63) is 17.9 Å². The van der Waals surface area contributed by atoms with Crippen LogP contribution in [0, 0.1) is 0 Å². The van der Waals surface area contributed by atoms with Crippen molar-refractivity contribution in [1.82, 2.24) is 9.21 Å². The van der Waals surface area contributed by atoms with Crippen molar-refractivity contribution in [2.45, 2.75) is 17.6 Å². The molecule has 1 fully saturated rings. The van der Waals surface area contributed by atoms with Crippen molar-refractivity contribution in [3.63, 3.8) is 0 Å². The van der Waals surface area contributed by atoms with Gasteiger partial charge in [0.05, 0.1) is 0 Å². The third-order valence-corrected chi connectivity index (χ3v) is 4.91. The van der Waals surface area contributed by atoms with Crippen LogP contribution < -0.4 is 0 Å². The maximum absolute atomic E-state index is 12.2. The van der Waals surface area contributed by atoms with Gasteiger partial charge in [0.15, 0.2) is 12.0 Å². The molecule has 7 heteroatoms. The fourth-order valence-corrected chi connectivity index (χ4v) is 3.42. The molecule has 0 aliphatic carbocycles. The molecule has 1 aliphatic rings. The Kier molecular flexibility index (Phi) is 3.56. The van der Waals surface area contributed by atoms with Gasteiger partial charge in [-0.05, 0) is 32.6 Å². The van der Waals surface area contributed by atoms with Gasteiger partial charge < -0.3 is 9.32 Å². The van der Waals surface area contributed by atoms with E-state index in [1.165, 1.54) is 16.4 Å². The molecule has 1 aromatic rings. The van der Waals surface area contributed by atoms with Gasteiger partial charge in [0, 0.05) is 19.1 Å². The molecule has 1 aromatic heterocycles. The zero-order valence-corrected chi connectivity index (χ0v) is 11.2. The Bertz CT molecular complexity index is 535. The molecule has 2 rings (SSSR count). The Labute approximate surface area is 106 Å². The van der Waals surface area contributed by atoms with E-state index in [4.69, 9.17) is 4.42 Å². The lowest BCUT2D eigenvalue weighted by Crippen LogP contribution is -2.34. The summed E-state index contributed by atoms with van der Waals surface area (Å²) in [6.07, 6.45) is 1.29. The van der Waals surface area contributed by atoms with Gasteiger partial charge in [-0.1, -0.05) is 0 Å². The van der Waals surface area contributed by atoms with Crippen LogP contribution in [0.1, 0.15) is 17.0 Å². The number of aldehydes is 1. The summed E-state index contributed by atoms with van der Waals surface area (Å²) in [4.78, 5) is 12.5. The van der Waals surface area contributed by atoms with Gasteiger partial charge >= 0.3 is 0 Å². The second-order valence-electron chi connectivity index (χ2n) is 4.54. The molecule has 1 atom stereocenters. The maximum atomic E-state index is 12.2. The Morgan fingerprint density at radius 2 is 2.17 bits per heavy atom. The first-order valence-corrected chi connectivity index (χ1v) is 7.10. The summed E-state index contributed by atoms with van der Waals surface area (Å²) in [7, 11) is 0.244. The van der Waals surface area contributed by atoms with Crippen molar-refractivity contribution in [2.75, 3.05) is 27.2 Å². The van der Waals surface area contributed by atoms with E-state index in [-0.39, 0.29) is 16.9 Å². The lowest BCUT2D eigenvalue weighted by atomic mass is 10.2. The lowest BCUT2D eigenvalue weighted by molar-refractivity contribution is 0.109. The zero-order valence-electron chi connectivity index (χ0n) is 10.4. The lowest BCUT2D eigenvalue weighted by Gasteiger charge is -2.19. The van der Waals surface area contributed by atoms with E-state index >= 15 is 0 Å². The Balaban J connectivity index is 2.20. The first-order chi connectivity index (χ1) is 8.45. The van der Waals surface area contributed by atoms with Crippen molar-refractivity contribution < 1.29 is 17.6 Å². The molecule has 18 heavy (non-hydrogen) atoms. The van der Waals surface area contributed by atoms with Crippen LogP contribution in [0.4, 0.5) is 0 Å². The fraction of sp³-hybridized carbons (Fsp3) is 0.545. The molecule has 0 saturated carbocycles. The molecule has 1 unspecified atom stereocenters. The monoisotopic (exact) mass is 272 g/mol. The molecule has 0 aromatic carbocycles. The molecule has 0 amide bonds. The number of furan rings is 1. The molecule has 1 aliphatic heterocycles. The molecule has 0 bridgehead atoms. The average molecular weight is 272 g/mol. The molecule has 1 saturated heterocycles. The Morgan fingerprint density at radius 1 is 1.44 bits per heavy atom. The number of hydrogen-bond acceptors (Lipinski definition) is 5. The second kappa shape index (κ2) is 4.83. The van der Waals surface area contributed by atoms with Gasteiger partial charge in [0.2, 0.25) is 5.09 Å². The summed E-state index contributed by atoms with van der Waals surface area (Å²) in [5.41, 5.74) is 0. The summed E-state index contributed by atoms with van der Waals surface area (Å²) < 4.78 is 30.8. The summed E-state index contributed by atoms with van der Waals surface area (Å²) in [6.45, 7) is 0.925. The zero-order chi connectivity index (χ0) is 13.3. The van der Waals surface area contributed by atoms with E-state index < -0.39 is 10.0 Å². The van der Waals surface area contributed by atoms with Gasteiger partial charge in [-0.15, -0.1) is 0 Å². The number of sulfonamides is 1. The van der Waals surface area contributed by atoms with Crippen molar-refractivity contribution in [1.29, 1.82) is 0 Å². The van der Waals surface area contributed by atoms with Gasteiger partial charge in [-0.25, -0.2) is 8.42 Å². The van der Waals surface area contributed by atoms with Crippen LogP contribution in [0.3, 0.4) is 0 Å². The fourth-order valence-electron chi connectivity index (χ4n) is 2.01. The largest absolute Gasteiger partial charge is 0.440 e. The molecule has 2 heterocycles. The smallest absolute Gasteiger partial charge is 0.276 e. The molecular weight excluding hydrogens is 256 g/mol. The van der Waals surface area contributed by atoms with Gasteiger partial charge in [-0.2, -0.15) is 4.31 Å². The summed E-state index contributed by atoms with van der Waals surface area (Å²) in [5, 5.41) is -0.163. The summed E-state index contributed by atoms with van der Waals surface area (Å²) >= 11 is 0. The van der Waals surface area contributed by atoms with E-state index in [0.29, 0.717) is 19.4 Å². The van der Waals surface area contributed by atoms with Crippen molar-refractivity contribution >= 4 is 16.3 Å². The number of likely N-dealkylation sites (N-methyl/N-ethyl adjacent to an activating group) is 1. The topological polar surface area (TPSA) is 70.8 Å². The van der Waals surface area contributed by atoms with Crippen molar-refractivity contribution in [2.24, 2.45) is 0 Å². The van der Waals surface area contributed by atoms with Crippen LogP contribution in [0.2, 0.25) is 0 Å². The van der Waals surface area contributed by atoms with E-state index in [1.807, 2.05) is 19.0 Å². The predicted octanol–water partition coefficient (Wildman–Crippen LogP) is 0.417. The van der Waals surface area contributed by atoms with E-state index in [1.54, 1.807) is 0 Å². The average Bonchev–Trinajstić information content (AvgIpc) is 2.98. The number of carbonyl (C=O) groups excluding carboxylic acids is 1. The highest BCUT2D eigenvalue weighted by Crippen LogP contribution is 2.23. The van der Waals surface area contributed by atoms with Crippen LogP contribution in [-0.4, -0.2) is 57.1 Å². The SMILES string of the molecule is CN(C)C1CCN(S(=O)(=O)c2ccc(C=O)o2)C1. The first kappa shape index (κ1) is 13.3. The molecule has 0 N–H and O–H groups in total. The van der Waals surface area contributed by atoms with Crippen LogP contribution in [0.5, 0.6) is 0 Å². The molecule has 0 radical (unpaired) electrons. The summed E-state index contributed by atoms with van der Waals surface area (Å²) in [5.74, 6) is 0.0249. The van der Waals surface area contributed by atoms with Crippen LogP contribution in [-0.2, 0) is 10.0 Å². The highest BCUT2D eigenvalue weighted by atomic mass is 32.2. The quantitative estimate of drug-likeness (QED) is 0.743. The third kappa shape index (κ3) is 2.33. The number of hydrogen-bond donors (Lipinski definition) is 0. The minimum absolute atomic E-state index is 0.0249. The van der Waals surface area contributed by atoms with E-state index in [2.05, 4.69) is 0 Å². The standard InChI is InChI=1S/C11H16N2O4S/c1-12(2)9-5-6-13(7-9)18(15,16)11-4-3-10(8-14)17-11/h3-4,8-9H,5-7H2,1-2H3. The predicted molar refractivity (Wildman–Crippen MR) is 64.9 cm³/mol. The Morgan fingerprint density at radius 3 is 2.67 bits per heavy atom. The molecule has 100 valence electrons. The maximum Gasteiger partial charge on any atom is 0.276 e. The first-order valence-electron chi connectivity index (χ1n) is 5.66. The molecular formula is C11H16N2O4S. The van der Waals surface area contributed by atoms with Gasteiger partial charge in [0.1, 0.15) is 0 Å². The highest BCUT2D eigenvalue weighted by Gasteiger charge is 2.35. The summed E-state index contributed by atoms with van der Waals surface area (Å²) in [6, 6.07) is 2.90. The van der Waals surface area contributed by atoms with Crippen LogP contribution in [0.25, 0.3) is 0 Å². The normalized spacial score (nSPS) is 21.6. The van der Waals surface area contributed by atoms with Crippen LogP contribution >= 0.6 is 0 Å². The highest BCUT2D eigenvalue weighted by molar-refractivity contribution is 7.89. The van der Waals surface area contributed by atoms with E-state index in [9.17, 15) is 13.2 Å². The van der Waals surface area contributed by atoms with Gasteiger partial charge in [0.25, 0.3) is 10.0 Å². The molecule has 0 spiro atoms. The van der Waals surface area contributed by atoms with Crippen LogP contribution in [0.15, 0.2) is 21.6 Å². The minimum Gasteiger partial charge on any atom is -0.440 e. The van der Waals surface area contributed by atoms with E-state index in [0.717, 1.165) is 6.42 Å². The third-order valence-electron chi connectivity index (χ3n) is 3.17. The number of nitrogens with zero attached hydrogens (tertiary/aromatic N) is 2. The molecule has 6 nitrogen and oxygen atoms in total. The Hall–Kier alpha value is -1.18. The number of rotatable bonds is 4.